The number of hydrogen-bond donors (Lipinski definition) is 2. The lowest BCUT2D eigenvalue weighted by Gasteiger charge is -2.18. The van der Waals surface area contributed by atoms with Crippen LogP contribution in [-0.2, 0) is 19.6 Å². The van der Waals surface area contributed by atoms with Gasteiger partial charge < -0.3 is 14.9 Å². The molecule has 0 heterocycles. The molecule has 35 heavy (non-hydrogen) atoms. The van der Waals surface area contributed by atoms with Gasteiger partial charge in [-0.3, -0.25) is 0 Å². The molecule has 2 N–H and O–H groups in total. The number of carbonyl (C=O) groups is 2. The predicted octanol–water partition coefficient (Wildman–Crippen LogP) is 4.19. The van der Waals surface area contributed by atoms with Gasteiger partial charge in [-0.15, -0.1) is 0 Å². The normalized spacial score (nSPS) is 11.5. The summed E-state index contributed by atoms with van der Waals surface area (Å²) in [6.07, 6.45) is -10.2. The number of benzene rings is 2. The van der Waals surface area contributed by atoms with Crippen LogP contribution in [0, 0.1) is 6.92 Å². The van der Waals surface area contributed by atoms with Gasteiger partial charge in [0.15, 0.2) is 0 Å². The molecule has 0 aliphatic heterocycles. The van der Waals surface area contributed by atoms with Crippen molar-refractivity contribution in [3.8, 4) is 16.9 Å². The SMILES string of the molecule is COc1c(-c2ccccc2C)cccc1S(=O)(=O)N(C)C.O=C(O)C(F)(F)F.O=C(O)C(F)(F)F. The number of aliphatic carboxylic acids is 2. The molecule has 0 atom stereocenters. The molecule has 15 heteroatoms. The van der Waals surface area contributed by atoms with E-state index in [1.807, 2.05) is 37.3 Å². The molecule has 2 aromatic carbocycles. The van der Waals surface area contributed by atoms with E-state index in [2.05, 4.69) is 0 Å². The Hall–Kier alpha value is -3.33. The number of nitrogens with zero attached hydrogens (tertiary/aromatic N) is 1. The minimum Gasteiger partial charge on any atom is -0.495 e. The molecule has 0 saturated heterocycles. The third-order valence-corrected chi connectivity index (χ3v) is 5.70. The minimum atomic E-state index is -5.08. The van der Waals surface area contributed by atoms with Crippen LogP contribution in [0.4, 0.5) is 26.3 Å². The molecule has 0 saturated carbocycles. The van der Waals surface area contributed by atoms with Crippen molar-refractivity contribution in [2.45, 2.75) is 24.2 Å². The van der Waals surface area contributed by atoms with Crippen molar-refractivity contribution in [1.82, 2.24) is 4.31 Å². The predicted molar refractivity (Wildman–Crippen MR) is 111 cm³/mol. The van der Waals surface area contributed by atoms with Crippen molar-refractivity contribution in [3.05, 3.63) is 48.0 Å². The summed E-state index contributed by atoms with van der Waals surface area (Å²) < 4.78 is 94.9. The Morgan fingerprint density at radius 3 is 1.57 bits per heavy atom. The second-order valence-electron chi connectivity index (χ2n) is 6.55. The van der Waals surface area contributed by atoms with Crippen molar-refractivity contribution in [2.75, 3.05) is 21.2 Å². The zero-order chi connectivity index (χ0) is 27.8. The number of carboxylic acids is 2. The van der Waals surface area contributed by atoms with E-state index in [1.54, 1.807) is 12.1 Å². The van der Waals surface area contributed by atoms with Gasteiger partial charge in [-0.05, 0) is 24.1 Å². The molecular weight excluding hydrogens is 512 g/mol. The van der Waals surface area contributed by atoms with Crippen LogP contribution in [0.15, 0.2) is 47.4 Å². The summed E-state index contributed by atoms with van der Waals surface area (Å²) in [6.45, 7) is 1.99. The van der Waals surface area contributed by atoms with E-state index >= 15 is 0 Å². The lowest BCUT2D eigenvalue weighted by molar-refractivity contribution is -0.193. The van der Waals surface area contributed by atoms with E-state index in [-0.39, 0.29) is 4.90 Å². The standard InChI is InChI=1S/C16H19NO3S.2C2HF3O2/c1-12-8-5-6-9-13(12)14-10-7-11-15(16(14)20-4)21(18,19)17(2)3;2*3-2(4,5)1(6)7/h5-11H,1-4H3;2*(H,6,7). The van der Waals surface area contributed by atoms with Gasteiger partial charge in [0, 0.05) is 19.7 Å². The lowest BCUT2D eigenvalue weighted by Crippen LogP contribution is -2.22. The molecule has 0 fully saturated rings. The fourth-order valence-electron chi connectivity index (χ4n) is 2.21. The fraction of sp³-hybridized carbons (Fsp3) is 0.300. The number of halogens is 6. The van der Waals surface area contributed by atoms with Crippen LogP contribution >= 0.6 is 0 Å². The van der Waals surface area contributed by atoms with Crippen molar-refractivity contribution in [3.63, 3.8) is 0 Å². The van der Waals surface area contributed by atoms with Gasteiger partial charge >= 0.3 is 24.3 Å². The summed E-state index contributed by atoms with van der Waals surface area (Å²) in [5.74, 6) is -5.14. The Bertz CT molecular complexity index is 1110. The van der Waals surface area contributed by atoms with Gasteiger partial charge in [0.25, 0.3) is 0 Å². The number of methoxy groups -OCH3 is 1. The van der Waals surface area contributed by atoms with E-state index in [4.69, 9.17) is 24.5 Å². The molecule has 0 aromatic heterocycles. The van der Waals surface area contributed by atoms with Crippen molar-refractivity contribution in [2.24, 2.45) is 0 Å². The Balaban J connectivity index is 0.000000680. The zero-order valence-corrected chi connectivity index (χ0v) is 19.4. The van der Waals surface area contributed by atoms with Crippen molar-refractivity contribution < 1.29 is 59.3 Å². The zero-order valence-electron chi connectivity index (χ0n) is 18.6. The quantitative estimate of drug-likeness (QED) is 0.566. The highest BCUT2D eigenvalue weighted by atomic mass is 32.2. The Labute approximate surface area is 196 Å². The number of para-hydroxylation sites is 1. The highest BCUT2D eigenvalue weighted by molar-refractivity contribution is 7.89. The Kier molecular flexibility index (Phi) is 11.2. The number of hydrogen-bond acceptors (Lipinski definition) is 5. The van der Waals surface area contributed by atoms with Crippen LogP contribution in [0.3, 0.4) is 0 Å². The van der Waals surface area contributed by atoms with Gasteiger partial charge in [0.2, 0.25) is 10.0 Å². The van der Waals surface area contributed by atoms with Gasteiger partial charge in [0.1, 0.15) is 10.6 Å². The van der Waals surface area contributed by atoms with Crippen LogP contribution in [0.1, 0.15) is 5.56 Å². The molecule has 0 unspecified atom stereocenters. The summed E-state index contributed by atoms with van der Waals surface area (Å²) in [4.78, 5) is 18.0. The molecule has 0 radical (unpaired) electrons. The van der Waals surface area contributed by atoms with E-state index in [9.17, 15) is 34.8 Å². The average Bonchev–Trinajstić information content (AvgIpc) is 2.73. The van der Waals surface area contributed by atoms with Crippen molar-refractivity contribution >= 4 is 22.0 Å². The first-order valence-electron chi connectivity index (χ1n) is 9.04. The van der Waals surface area contributed by atoms with Gasteiger partial charge in [0.05, 0.1) is 7.11 Å². The highest BCUT2D eigenvalue weighted by Gasteiger charge is 2.38. The van der Waals surface area contributed by atoms with E-state index < -0.39 is 34.3 Å². The van der Waals surface area contributed by atoms with Crippen LogP contribution < -0.4 is 4.74 Å². The van der Waals surface area contributed by atoms with Crippen LogP contribution in [0.5, 0.6) is 5.75 Å². The number of aryl methyl sites for hydroxylation is 1. The third kappa shape index (κ3) is 9.44. The molecule has 196 valence electrons. The maximum atomic E-state index is 12.4. The number of rotatable bonds is 4. The maximum absolute atomic E-state index is 12.4. The molecule has 0 bridgehead atoms. The molecule has 8 nitrogen and oxygen atoms in total. The van der Waals surface area contributed by atoms with Crippen LogP contribution in [0.2, 0.25) is 0 Å². The van der Waals surface area contributed by atoms with E-state index in [1.165, 1.54) is 25.5 Å². The second kappa shape index (κ2) is 12.4. The summed E-state index contributed by atoms with van der Waals surface area (Å²) >= 11 is 0. The molecule has 2 aromatic rings. The third-order valence-electron chi connectivity index (χ3n) is 3.86. The van der Waals surface area contributed by atoms with Gasteiger partial charge in [-0.25, -0.2) is 22.3 Å². The Morgan fingerprint density at radius 2 is 1.23 bits per heavy atom. The van der Waals surface area contributed by atoms with Crippen LogP contribution in [-0.4, -0.2) is 68.4 Å². The number of alkyl halides is 6. The average molecular weight is 533 g/mol. The smallest absolute Gasteiger partial charge is 0.490 e. The maximum Gasteiger partial charge on any atom is 0.490 e. The fourth-order valence-corrected chi connectivity index (χ4v) is 3.28. The molecular formula is C20H21F6NO7S. The lowest BCUT2D eigenvalue weighted by atomic mass is 10.00. The topological polar surface area (TPSA) is 121 Å². The molecule has 0 spiro atoms. The number of sulfonamides is 1. The van der Waals surface area contributed by atoms with Crippen LogP contribution in [0.25, 0.3) is 11.1 Å². The molecule has 0 amide bonds. The summed E-state index contributed by atoms with van der Waals surface area (Å²) in [5, 5.41) is 14.2. The monoisotopic (exact) mass is 533 g/mol. The first kappa shape index (κ1) is 31.7. The molecule has 0 aliphatic carbocycles. The number of ether oxygens (including phenoxy) is 1. The first-order valence-corrected chi connectivity index (χ1v) is 10.5. The van der Waals surface area contributed by atoms with Gasteiger partial charge in [-0.1, -0.05) is 36.4 Å². The van der Waals surface area contributed by atoms with Crippen molar-refractivity contribution in [1.29, 1.82) is 0 Å². The first-order chi connectivity index (χ1) is 15.8. The Morgan fingerprint density at radius 1 is 0.829 bits per heavy atom. The summed E-state index contributed by atoms with van der Waals surface area (Å²) in [7, 11) is 0.955. The van der Waals surface area contributed by atoms with E-state index in [0.717, 1.165) is 16.7 Å². The second-order valence-corrected chi connectivity index (χ2v) is 8.67. The highest BCUT2D eigenvalue weighted by Crippen LogP contribution is 2.37. The molecule has 2 rings (SSSR count). The van der Waals surface area contributed by atoms with E-state index in [0.29, 0.717) is 5.75 Å². The van der Waals surface area contributed by atoms with Gasteiger partial charge in [-0.2, -0.15) is 26.3 Å². The number of carboxylic acid groups (broad SMARTS) is 2. The largest absolute Gasteiger partial charge is 0.495 e. The summed E-state index contributed by atoms with van der Waals surface area (Å²) in [5.41, 5.74) is 2.80. The summed E-state index contributed by atoms with van der Waals surface area (Å²) in [6, 6.07) is 13.0. The molecule has 0 aliphatic rings. The minimum absolute atomic E-state index is 0.177.